The summed E-state index contributed by atoms with van der Waals surface area (Å²) in [5, 5.41) is 0. The lowest BCUT2D eigenvalue weighted by atomic mass is 10.1. The van der Waals surface area contributed by atoms with Crippen LogP contribution in [0.2, 0.25) is 0 Å². The Hall–Kier alpha value is -2.51. The highest BCUT2D eigenvalue weighted by Gasteiger charge is 2.32. The van der Waals surface area contributed by atoms with Gasteiger partial charge in [-0.25, -0.2) is 19.9 Å². The summed E-state index contributed by atoms with van der Waals surface area (Å²) < 4.78 is 40.1. The molecule has 8 heteroatoms. The summed E-state index contributed by atoms with van der Waals surface area (Å²) in [7, 11) is 1.69. The lowest BCUT2D eigenvalue weighted by Crippen LogP contribution is -2.08. The highest BCUT2D eigenvalue weighted by Crippen LogP contribution is 2.29. The van der Waals surface area contributed by atoms with E-state index >= 15 is 0 Å². The van der Waals surface area contributed by atoms with Crippen LogP contribution in [0.5, 0.6) is 0 Å². The van der Waals surface area contributed by atoms with E-state index in [0.717, 1.165) is 11.8 Å². The van der Waals surface area contributed by atoms with Crippen molar-refractivity contribution >= 4 is 11.3 Å². The van der Waals surface area contributed by atoms with Gasteiger partial charge < -0.3 is 4.57 Å². The Morgan fingerprint density at radius 2 is 1.83 bits per heavy atom. The molecule has 3 rings (SSSR count). The van der Waals surface area contributed by atoms with Gasteiger partial charge in [0.1, 0.15) is 11.4 Å². The van der Waals surface area contributed by atoms with E-state index in [1.807, 2.05) is 13.8 Å². The summed E-state index contributed by atoms with van der Waals surface area (Å²) >= 11 is 0. The van der Waals surface area contributed by atoms with Crippen molar-refractivity contribution in [1.82, 2.24) is 24.5 Å². The van der Waals surface area contributed by atoms with E-state index in [9.17, 15) is 13.2 Å². The molecule has 0 saturated heterocycles. The molecule has 0 aliphatic carbocycles. The third-order valence-electron chi connectivity index (χ3n) is 3.46. The van der Waals surface area contributed by atoms with Crippen LogP contribution >= 0.6 is 0 Å². The van der Waals surface area contributed by atoms with E-state index in [1.54, 1.807) is 17.8 Å². The number of hydrogen-bond acceptors (Lipinski definition) is 4. The lowest BCUT2D eigenvalue weighted by Gasteiger charge is -2.07. The first-order chi connectivity index (χ1) is 10.8. The summed E-state index contributed by atoms with van der Waals surface area (Å²) in [6, 6.07) is 3.73. The van der Waals surface area contributed by atoms with Gasteiger partial charge in [0, 0.05) is 7.05 Å². The molecule has 120 valence electrons. The summed E-state index contributed by atoms with van der Waals surface area (Å²) in [5.74, 6) is 0.490. The summed E-state index contributed by atoms with van der Waals surface area (Å²) in [6.45, 7) is 3.98. The monoisotopic (exact) mass is 321 g/mol. The van der Waals surface area contributed by atoms with Gasteiger partial charge in [0.2, 0.25) is 0 Å². The Labute approximate surface area is 130 Å². The minimum absolute atomic E-state index is 0.133. The smallest absolute Gasteiger partial charge is 0.309 e. The molecule has 0 radical (unpaired) electrons. The third-order valence-corrected chi connectivity index (χ3v) is 3.46. The fourth-order valence-corrected chi connectivity index (χ4v) is 2.19. The number of aromatic nitrogens is 5. The molecular weight excluding hydrogens is 307 g/mol. The van der Waals surface area contributed by atoms with Crippen LogP contribution < -0.4 is 0 Å². The van der Waals surface area contributed by atoms with Gasteiger partial charge >= 0.3 is 6.18 Å². The molecule has 0 aliphatic heterocycles. The zero-order valence-corrected chi connectivity index (χ0v) is 12.8. The second-order valence-electron chi connectivity index (χ2n) is 5.50. The number of rotatable bonds is 2. The van der Waals surface area contributed by atoms with Gasteiger partial charge in [0.15, 0.2) is 17.1 Å². The van der Waals surface area contributed by atoms with Crippen molar-refractivity contribution in [1.29, 1.82) is 0 Å². The Bertz CT molecular complexity index is 867. The van der Waals surface area contributed by atoms with Crippen LogP contribution in [0.1, 0.15) is 31.2 Å². The van der Waals surface area contributed by atoms with Crippen LogP contribution in [-0.2, 0) is 13.2 Å². The van der Waals surface area contributed by atoms with Crippen molar-refractivity contribution in [3.63, 3.8) is 0 Å². The number of nitrogens with zero attached hydrogens (tertiary/aromatic N) is 5. The van der Waals surface area contributed by atoms with Crippen molar-refractivity contribution in [3.05, 3.63) is 35.8 Å². The molecule has 3 heterocycles. The molecule has 0 N–H and O–H groups in total. The summed E-state index contributed by atoms with van der Waals surface area (Å²) in [5.41, 5.74) is 0.875. The Balaban J connectivity index is 2.15. The van der Waals surface area contributed by atoms with Crippen LogP contribution in [0.15, 0.2) is 24.4 Å². The molecule has 3 aromatic rings. The van der Waals surface area contributed by atoms with Crippen LogP contribution in [0, 0.1) is 0 Å². The summed E-state index contributed by atoms with van der Waals surface area (Å²) in [4.78, 5) is 16.6. The molecule has 0 aromatic carbocycles. The molecule has 0 bridgehead atoms. The Kier molecular flexibility index (Phi) is 3.54. The zero-order chi connectivity index (χ0) is 16.8. The maximum atomic E-state index is 12.8. The van der Waals surface area contributed by atoms with E-state index in [0.29, 0.717) is 17.1 Å². The van der Waals surface area contributed by atoms with Crippen LogP contribution in [0.25, 0.3) is 22.8 Å². The minimum Gasteiger partial charge on any atom is -0.309 e. The van der Waals surface area contributed by atoms with Gasteiger partial charge in [0.25, 0.3) is 0 Å². The Morgan fingerprint density at radius 3 is 2.48 bits per heavy atom. The normalized spacial score (nSPS) is 12.3. The second kappa shape index (κ2) is 5.29. The standard InChI is InChI=1S/C15H14F3N5/c1-8(2)10-7-19-12-14(21-10)23(3)13(22-12)9-5-4-6-11(20-9)15(16,17)18/h4-8H,1-3H3. The molecule has 0 spiro atoms. The van der Waals surface area contributed by atoms with Crippen LogP contribution in [-0.4, -0.2) is 24.5 Å². The van der Waals surface area contributed by atoms with E-state index in [4.69, 9.17) is 0 Å². The molecule has 3 aromatic heterocycles. The first kappa shape index (κ1) is 15.4. The lowest BCUT2D eigenvalue weighted by molar-refractivity contribution is -0.141. The molecule has 0 amide bonds. The fraction of sp³-hybridized carbons (Fsp3) is 0.333. The number of pyridine rings is 1. The van der Waals surface area contributed by atoms with Crippen LogP contribution in [0.3, 0.4) is 0 Å². The van der Waals surface area contributed by atoms with Crippen molar-refractivity contribution in [2.24, 2.45) is 7.05 Å². The number of fused-ring (bicyclic) bond motifs is 1. The van der Waals surface area contributed by atoms with Crippen LogP contribution in [0.4, 0.5) is 13.2 Å². The van der Waals surface area contributed by atoms with Gasteiger partial charge in [0.05, 0.1) is 11.9 Å². The van der Waals surface area contributed by atoms with E-state index in [1.165, 1.54) is 12.1 Å². The molecule has 0 saturated carbocycles. The SMILES string of the molecule is CC(C)c1cnc2nc(-c3cccc(C(F)(F)F)n3)n(C)c2n1. The van der Waals surface area contributed by atoms with Gasteiger partial charge in [-0.1, -0.05) is 19.9 Å². The molecule has 0 fully saturated rings. The van der Waals surface area contributed by atoms with Crippen molar-refractivity contribution < 1.29 is 13.2 Å². The highest BCUT2D eigenvalue weighted by atomic mass is 19.4. The highest BCUT2D eigenvalue weighted by molar-refractivity contribution is 5.72. The molecule has 0 atom stereocenters. The second-order valence-corrected chi connectivity index (χ2v) is 5.50. The van der Waals surface area contributed by atoms with Gasteiger partial charge in [-0.3, -0.25) is 0 Å². The maximum absolute atomic E-state index is 12.8. The first-order valence-corrected chi connectivity index (χ1v) is 7.01. The van der Waals surface area contributed by atoms with Crippen molar-refractivity contribution in [2.75, 3.05) is 0 Å². The van der Waals surface area contributed by atoms with Gasteiger partial charge in [-0.2, -0.15) is 13.2 Å². The number of aryl methyl sites for hydroxylation is 1. The zero-order valence-electron chi connectivity index (χ0n) is 12.8. The maximum Gasteiger partial charge on any atom is 0.433 e. The largest absolute Gasteiger partial charge is 0.433 e. The van der Waals surface area contributed by atoms with Gasteiger partial charge in [-0.15, -0.1) is 0 Å². The topological polar surface area (TPSA) is 56.5 Å². The molecule has 5 nitrogen and oxygen atoms in total. The predicted octanol–water partition coefficient (Wildman–Crippen LogP) is 3.57. The number of imidazole rings is 1. The number of halogens is 3. The number of alkyl halides is 3. The van der Waals surface area contributed by atoms with Gasteiger partial charge in [-0.05, 0) is 18.1 Å². The quantitative estimate of drug-likeness (QED) is 0.724. The average molecular weight is 321 g/mol. The van der Waals surface area contributed by atoms with Crippen molar-refractivity contribution in [3.8, 4) is 11.5 Å². The molecule has 23 heavy (non-hydrogen) atoms. The molecule has 0 unspecified atom stereocenters. The summed E-state index contributed by atoms with van der Waals surface area (Å²) in [6.07, 6.45) is -2.87. The first-order valence-electron chi connectivity index (χ1n) is 7.01. The van der Waals surface area contributed by atoms with E-state index in [2.05, 4.69) is 19.9 Å². The molecular formula is C15H14F3N5. The average Bonchev–Trinajstić information content (AvgIpc) is 2.83. The van der Waals surface area contributed by atoms with Crippen molar-refractivity contribution in [2.45, 2.75) is 25.9 Å². The third kappa shape index (κ3) is 2.76. The van der Waals surface area contributed by atoms with E-state index < -0.39 is 11.9 Å². The predicted molar refractivity (Wildman–Crippen MR) is 78.6 cm³/mol. The fourth-order valence-electron chi connectivity index (χ4n) is 2.19. The van der Waals surface area contributed by atoms with E-state index in [-0.39, 0.29) is 11.6 Å². The molecule has 0 aliphatic rings. The number of hydrogen-bond donors (Lipinski definition) is 0. The Morgan fingerprint density at radius 1 is 1.09 bits per heavy atom. The minimum atomic E-state index is -4.50.